The summed E-state index contributed by atoms with van der Waals surface area (Å²) in [6, 6.07) is 51.1. The number of para-hydroxylation sites is 2. The summed E-state index contributed by atoms with van der Waals surface area (Å²) in [4.78, 5) is 3.98. The van der Waals surface area contributed by atoms with Crippen LogP contribution in [0.4, 0.5) is 0 Å². The normalized spacial score (nSPS) is 15.1. The van der Waals surface area contributed by atoms with Crippen LogP contribution < -0.4 is 0 Å². The number of hydrogen-bond acceptors (Lipinski definition) is 0. The van der Waals surface area contributed by atoms with E-state index < -0.39 is 0 Å². The van der Waals surface area contributed by atoms with Crippen LogP contribution in [-0.2, 0) is 6.42 Å². The third-order valence-electron chi connectivity index (χ3n) is 11.1. The molecule has 2 nitrogen and oxygen atoms in total. The average molecular weight is 673 g/mol. The number of aromatic amines is 1. The van der Waals surface area contributed by atoms with Gasteiger partial charge >= 0.3 is 0 Å². The summed E-state index contributed by atoms with van der Waals surface area (Å²) < 4.78 is 2.48. The van der Waals surface area contributed by atoms with Crippen molar-refractivity contribution in [2.45, 2.75) is 40.0 Å². The summed E-state index contributed by atoms with van der Waals surface area (Å²) in [6.45, 7) is 7.02. The Labute approximate surface area is 306 Å². The average Bonchev–Trinajstić information content (AvgIpc) is 3.68. The number of benzene rings is 6. The van der Waals surface area contributed by atoms with E-state index in [4.69, 9.17) is 0 Å². The number of fused-ring (bicyclic) bond motifs is 4. The van der Waals surface area contributed by atoms with Gasteiger partial charge in [0.15, 0.2) is 0 Å². The van der Waals surface area contributed by atoms with Crippen molar-refractivity contribution in [2.75, 3.05) is 0 Å². The number of hydrogen-bond donors (Lipinski definition) is 1. The minimum atomic E-state index is 0.557. The van der Waals surface area contributed by atoms with E-state index in [9.17, 15) is 0 Å². The van der Waals surface area contributed by atoms with Crippen LogP contribution in [0.2, 0.25) is 0 Å². The molecule has 0 radical (unpaired) electrons. The van der Waals surface area contributed by atoms with Crippen LogP contribution in [0.15, 0.2) is 163 Å². The first-order valence-corrected chi connectivity index (χ1v) is 18.8. The molecule has 8 aromatic rings. The first-order valence-electron chi connectivity index (χ1n) is 18.8. The number of allylic oxidation sites excluding steroid dienone is 4. The molecule has 0 aliphatic heterocycles. The summed E-state index contributed by atoms with van der Waals surface area (Å²) in [5.74, 6) is 1.19. The Balaban J connectivity index is 1.21. The minimum Gasteiger partial charge on any atom is -0.358 e. The number of aromatic nitrogens is 2. The number of nitrogens with one attached hydrogen (secondary N) is 1. The van der Waals surface area contributed by atoms with Crippen LogP contribution in [0, 0.1) is 18.8 Å². The lowest BCUT2D eigenvalue weighted by Gasteiger charge is -2.19. The number of H-pyrrole nitrogens is 1. The molecule has 2 unspecified atom stereocenters. The van der Waals surface area contributed by atoms with Crippen LogP contribution in [0.1, 0.15) is 37.9 Å². The molecule has 6 aromatic carbocycles. The third-order valence-corrected chi connectivity index (χ3v) is 11.1. The largest absolute Gasteiger partial charge is 0.358 e. The molecule has 2 heterocycles. The number of rotatable bonds is 8. The van der Waals surface area contributed by atoms with Gasteiger partial charge in [-0.3, -0.25) is 0 Å². The molecule has 0 spiro atoms. The SMILES string of the molecule is Cc1c(CC(C)CC2=CC=CC(C)C2)[nH]c2c(-c3cccc(-n4c5ccccc5c5cc(-c6ccccc6)ccc54)c3-c3ccccc3)cccc12. The van der Waals surface area contributed by atoms with Crippen molar-refractivity contribution in [3.05, 3.63) is 175 Å². The highest BCUT2D eigenvalue weighted by atomic mass is 15.0. The molecular weight excluding hydrogens is 629 g/mol. The van der Waals surface area contributed by atoms with Crippen molar-refractivity contribution in [1.29, 1.82) is 0 Å². The monoisotopic (exact) mass is 672 g/mol. The van der Waals surface area contributed by atoms with E-state index in [1.54, 1.807) is 5.57 Å². The van der Waals surface area contributed by atoms with Gasteiger partial charge in [0.05, 0.1) is 22.2 Å². The molecule has 0 fully saturated rings. The van der Waals surface area contributed by atoms with Gasteiger partial charge in [0.2, 0.25) is 0 Å². The molecule has 2 aromatic heterocycles. The highest BCUT2D eigenvalue weighted by Crippen LogP contribution is 2.44. The van der Waals surface area contributed by atoms with Gasteiger partial charge in [-0.2, -0.15) is 0 Å². The van der Waals surface area contributed by atoms with Crippen LogP contribution in [0.5, 0.6) is 0 Å². The van der Waals surface area contributed by atoms with E-state index in [1.807, 2.05) is 0 Å². The van der Waals surface area contributed by atoms with Crippen molar-refractivity contribution in [3.63, 3.8) is 0 Å². The highest BCUT2D eigenvalue weighted by molar-refractivity contribution is 6.12. The summed E-state index contributed by atoms with van der Waals surface area (Å²) >= 11 is 0. The molecule has 0 amide bonds. The molecule has 254 valence electrons. The molecule has 9 rings (SSSR count). The van der Waals surface area contributed by atoms with Crippen molar-refractivity contribution >= 4 is 32.7 Å². The van der Waals surface area contributed by atoms with Gasteiger partial charge in [0, 0.05) is 33.0 Å². The van der Waals surface area contributed by atoms with E-state index in [0.717, 1.165) is 12.8 Å². The van der Waals surface area contributed by atoms with E-state index in [-0.39, 0.29) is 0 Å². The van der Waals surface area contributed by atoms with Gasteiger partial charge in [-0.05, 0) is 90.1 Å². The second-order valence-electron chi connectivity index (χ2n) is 14.9. The van der Waals surface area contributed by atoms with E-state index >= 15 is 0 Å². The summed E-state index contributed by atoms with van der Waals surface area (Å²) in [5.41, 5.74) is 16.5. The first kappa shape index (κ1) is 32.1. The molecule has 1 aliphatic rings. The lowest BCUT2D eigenvalue weighted by Crippen LogP contribution is -2.06. The molecular formula is C50H44N2. The highest BCUT2D eigenvalue weighted by Gasteiger charge is 2.22. The van der Waals surface area contributed by atoms with Crippen molar-refractivity contribution in [1.82, 2.24) is 9.55 Å². The maximum Gasteiger partial charge on any atom is 0.0546 e. The van der Waals surface area contributed by atoms with Gasteiger partial charge in [-0.15, -0.1) is 0 Å². The van der Waals surface area contributed by atoms with Gasteiger partial charge in [-0.1, -0.05) is 153 Å². The second-order valence-corrected chi connectivity index (χ2v) is 14.9. The Morgan fingerprint density at radius 3 is 2.15 bits per heavy atom. The zero-order valence-electron chi connectivity index (χ0n) is 30.2. The smallest absolute Gasteiger partial charge is 0.0546 e. The van der Waals surface area contributed by atoms with Gasteiger partial charge < -0.3 is 9.55 Å². The van der Waals surface area contributed by atoms with Crippen molar-refractivity contribution in [2.24, 2.45) is 11.8 Å². The number of aryl methyl sites for hydroxylation is 1. The predicted molar refractivity (Wildman–Crippen MR) is 222 cm³/mol. The fourth-order valence-corrected chi connectivity index (χ4v) is 8.69. The Morgan fingerprint density at radius 2 is 1.35 bits per heavy atom. The summed E-state index contributed by atoms with van der Waals surface area (Å²) in [5, 5.41) is 3.83. The molecule has 1 aliphatic carbocycles. The Hall–Kier alpha value is -5.86. The maximum atomic E-state index is 3.98. The van der Waals surface area contributed by atoms with Crippen molar-refractivity contribution < 1.29 is 0 Å². The first-order chi connectivity index (χ1) is 25.5. The minimum absolute atomic E-state index is 0.557. The molecule has 1 N–H and O–H groups in total. The Morgan fingerprint density at radius 1 is 0.654 bits per heavy atom. The quantitative estimate of drug-likeness (QED) is 0.166. The van der Waals surface area contributed by atoms with E-state index in [1.165, 1.54) is 89.5 Å². The van der Waals surface area contributed by atoms with Gasteiger partial charge in [-0.25, -0.2) is 0 Å². The summed E-state index contributed by atoms with van der Waals surface area (Å²) in [6.07, 6.45) is 10.3. The van der Waals surface area contributed by atoms with Gasteiger partial charge in [0.25, 0.3) is 0 Å². The summed E-state index contributed by atoms with van der Waals surface area (Å²) in [7, 11) is 0. The van der Waals surface area contributed by atoms with Gasteiger partial charge in [0.1, 0.15) is 0 Å². The van der Waals surface area contributed by atoms with Crippen LogP contribution in [-0.4, -0.2) is 9.55 Å². The molecule has 0 bridgehead atoms. The Bertz CT molecular complexity index is 2630. The second kappa shape index (κ2) is 13.4. The van der Waals surface area contributed by atoms with E-state index in [0.29, 0.717) is 11.8 Å². The van der Waals surface area contributed by atoms with Crippen LogP contribution in [0.3, 0.4) is 0 Å². The lowest BCUT2D eigenvalue weighted by atomic mass is 9.88. The molecule has 52 heavy (non-hydrogen) atoms. The zero-order chi connectivity index (χ0) is 35.2. The Kier molecular flexibility index (Phi) is 8.24. The molecule has 0 saturated carbocycles. The molecule has 0 saturated heterocycles. The lowest BCUT2D eigenvalue weighted by molar-refractivity contribution is 0.539. The predicted octanol–water partition coefficient (Wildman–Crippen LogP) is 13.7. The van der Waals surface area contributed by atoms with E-state index in [2.05, 4.69) is 188 Å². The molecule has 2 atom stereocenters. The fraction of sp³-hybridized carbons (Fsp3) is 0.160. The number of nitrogens with zero attached hydrogens (tertiary/aromatic N) is 1. The topological polar surface area (TPSA) is 20.7 Å². The van der Waals surface area contributed by atoms with Crippen molar-refractivity contribution in [3.8, 4) is 39.1 Å². The van der Waals surface area contributed by atoms with Crippen LogP contribution in [0.25, 0.3) is 71.8 Å². The fourth-order valence-electron chi connectivity index (χ4n) is 8.69. The van der Waals surface area contributed by atoms with Crippen LogP contribution >= 0.6 is 0 Å². The zero-order valence-corrected chi connectivity index (χ0v) is 30.2. The molecule has 2 heteroatoms. The third kappa shape index (κ3) is 5.69. The standard InChI is InChI=1S/C50H44N2/c1-33-15-12-16-36(29-33)30-34(2)31-45-35(3)40-22-13-24-43(50(40)51-45)42-23-14-26-48(49(42)38-19-8-5-9-20-38)52-46-25-11-10-21-41(46)44-32-39(27-28-47(44)52)37-17-6-4-7-18-37/h4-28,32-34,51H,29-31H2,1-3H3. The maximum absolute atomic E-state index is 3.98.